The van der Waals surface area contributed by atoms with Gasteiger partial charge < -0.3 is 14.8 Å². The highest BCUT2D eigenvalue weighted by molar-refractivity contribution is 6.03. The third-order valence-corrected chi connectivity index (χ3v) is 6.45. The van der Waals surface area contributed by atoms with Crippen molar-refractivity contribution < 1.29 is 9.59 Å². The van der Waals surface area contributed by atoms with E-state index >= 15 is 0 Å². The molecular formula is C24H23N5O3. The summed E-state index contributed by atoms with van der Waals surface area (Å²) < 4.78 is 1.89. The standard InChI is InChI=1S/C24H23N5O3/c1-16-6-5-11-25-19(16)26-20(30)18-14-28-12-9-24(23(28)27-21(18)31)10-13-29(15-24)22(32)17-7-3-2-4-8-17/h2-8,11,14H,9-10,12-13,15H2,1H3,(H,25,26,30)/t24-/m1/s1. The van der Waals surface area contributed by atoms with Gasteiger partial charge in [-0.2, -0.15) is 4.98 Å². The van der Waals surface area contributed by atoms with Crippen LogP contribution in [0.15, 0.2) is 59.7 Å². The van der Waals surface area contributed by atoms with E-state index in [1.165, 1.54) is 0 Å². The molecule has 1 aromatic carbocycles. The molecule has 0 bridgehead atoms. The first kappa shape index (κ1) is 20.1. The number of benzene rings is 1. The van der Waals surface area contributed by atoms with E-state index in [1.54, 1.807) is 18.5 Å². The molecule has 32 heavy (non-hydrogen) atoms. The van der Waals surface area contributed by atoms with Crippen LogP contribution in [-0.2, 0) is 12.0 Å². The molecule has 2 aromatic heterocycles. The Morgan fingerprint density at radius 2 is 1.84 bits per heavy atom. The highest BCUT2D eigenvalue weighted by atomic mass is 16.2. The van der Waals surface area contributed by atoms with Crippen molar-refractivity contribution >= 4 is 17.6 Å². The molecule has 8 heteroatoms. The first-order valence-corrected chi connectivity index (χ1v) is 10.7. The van der Waals surface area contributed by atoms with Crippen molar-refractivity contribution in [2.24, 2.45) is 0 Å². The number of nitrogens with zero attached hydrogens (tertiary/aromatic N) is 4. The SMILES string of the molecule is Cc1cccnc1NC(=O)c1cn2c(nc1=O)[C@@]1(CCN(C(=O)c3ccccc3)C1)CC2. The van der Waals surface area contributed by atoms with E-state index in [9.17, 15) is 14.4 Å². The molecular weight excluding hydrogens is 406 g/mol. The number of likely N-dealkylation sites (tertiary alicyclic amines) is 1. The van der Waals surface area contributed by atoms with E-state index < -0.39 is 11.5 Å². The third kappa shape index (κ3) is 3.37. The van der Waals surface area contributed by atoms with Gasteiger partial charge in [0.15, 0.2) is 0 Å². The fourth-order valence-corrected chi connectivity index (χ4v) is 4.68. The van der Waals surface area contributed by atoms with Gasteiger partial charge in [-0.3, -0.25) is 14.4 Å². The summed E-state index contributed by atoms with van der Waals surface area (Å²) in [4.78, 5) is 48.7. The quantitative estimate of drug-likeness (QED) is 0.690. The summed E-state index contributed by atoms with van der Waals surface area (Å²) in [6.45, 7) is 3.62. The van der Waals surface area contributed by atoms with Gasteiger partial charge in [0.25, 0.3) is 17.4 Å². The van der Waals surface area contributed by atoms with Crippen LogP contribution in [0.3, 0.4) is 0 Å². The zero-order valence-corrected chi connectivity index (χ0v) is 17.7. The molecule has 1 spiro atoms. The lowest BCUT2D eigenvalue weighted by Crippen LogP contribution is -2.36. The summed E-state index contributed by atoms with van der Waals surface area (Å²) >= 11 is 0. The summed E-state index contributed by atoms with van der Waals surface area (Å²) in [7, 11) is 0. The van der Waals surface area contributed by atoms with Gasteiger partial charge in [-0.1, -0.05) is 24.3 Å². The zero-order chi connectivity index (χ0) is 22.3. The number of aryl methyl sites for hydroxylation is 2. The van der Waals surface area contributed by atoms with Gasteiger partial charge in [-0.05, 0) is 43.5 Å². The second-order valence-corrected chi connectivity index (χ2v) is 8.47. The topological polar surface area (TPSA) is 97.2 Å². The molecule has 8 nitrogen and oxygen atoms in total. The highest BCUT2D eigenvalue weighted by Crippen LogP contribution is 2.41. The Balaban J connectivity index is 1.39. The molecule has 2 amide bonds. The van der Waals surface area contributed by atoms with Crippen molar-refractivity contribution in [1.29, 1.82) is 0 Å². The fraction of sp³-hybridized carbons (Fsp3) is 0.292. The fourth-order valence-electron chi connectivity index (χ4n) is 4.68. The van der Waals surface area contributed by atoms with E-state index in [1.807, 2.05) is 52.8 Å². The normalized spacial score (nSPS) is 19.2. The van der Waals surface area contributed by atoms with Crippen LogP contribution < -0.4 is 10.9 Å². The number of carbonyl (C=O) groups excluding carboxylic acids is 2. The maximum atomic E-state index is 12.9. The van der Waals surface area contributed by atoms with Crippen molar-refractivity contribution in [2.45, 2.75) is 31.7 Å². The van der Waals surface area contributed by atoms with E-state index in [0.717, 1.165) is 18.4 Å². The number of nitrogens with one attached hydrogen (secondary N) is 1. The predicted octanol–water partition coefficient (Wildman–Crippen LogP) is 2.39. The van der Waals surface area contributed by atoms with Crippen LogP contribution in [0.1, 0.15) is 44.9 Å². The third-order valence-electron chi connectivity index (χ3n) is 6.45. The number of aromatic nitrogens is 3. The van der Waals surface area contributed by atoms with Gasteiger partial charge in [0.05, 0.1) is 0 Å². The second kappa shape index (κ2) is 7.71. The minimum Gasteiger partial charge on any atom is -0.338 e. The van der Waals surface area contributed by atoms with Gasteiger partial charge in [-0.15, -0.1) is 0 Å². The lowest BCUT2D eigenvalue weighted by atomic mass is 9.85. The molecule has 3 aromatic rings. The largest absolute Gasteiger partial charge is 0.338 e. The van der Waals surface area contributed by atoms with Crippen LogP contribution in [0.4, 0.5) is 5.82 Å². The van der Waals surface area contributed by atoms with E-state index in [-0.39, 0.29) is 16.9 Å². The number of carbonyl (C=O) groups is 2. The molecule has 0 radical (unpaired) electrons. The Kier molecular flexibility index (Phi) is 4.84. The average Bonchev–Trinajstić information content (AvgIpc) is 3.39. The number of pyridine rings is 1. The van der Waals surface area contributed by atoms with E-state index in [2.05, 4.69) is 15.3 Å². The van der Waals surface area contributed by atoms with Crippen molar-refractivity contribution in [3.05, 3.63) is 87.7 Å². The molecule has 1 fully saturated rings. The van der Waals surface area contributed by atoms with Gasteiger partial charge in [0, 0.05) is 43.0 Å². The summed E-state index contributed by atoms with van der Waals surface area (Å²) in [6.07, 6.45) is 4.70. The lowest BCUT2D eigenvalue weighted by Gasteiger charge is -2.23. The van der Waals surface area contributed by atoms with Crippen molar-refractivity contribution in [1.82, 2.24) is 19.4 Å². The first-order chi connectivity index (χ1) is 15.5. The highest BCUT2D eigenvalue weighted by Gasteiger charge is 2.47. The first-order valence-electron chi connectivity index (χ1n) is 10.7. The molecule has 5 rings (SSSR count). The van der Waals surface area contributed by atoms with Gasteiger partial charge >= 0.3 is 0 Å². The molecule has 0 aliphatic carbocycles. The van der Waals surface area contributed by atoms with E-state index in [4.69, 9.17) is 0 Å². The Morgan fingerprint density at radius 1 is 1.06 bits per heavy atom. The lowest BCUT2D eigenvalue weighted by molar-refractivity contribution is 0.0783. The predicted molar refractivity (Wildman–Crippen MR) is 119 cm³/mol. The Labute approximate surface area is 184 Å². The molecule has 1 saturated heterocycles. The van der Waals surface area contributed by atoms with Crippen molar-refractivity contribution in [3.63, 3.8) is 0 Å². The van der Waals surface area contributed by atoms with Crippen LogP contribution in [0.25, 0.3) is 0 Å². The van der Waals surface area contributed by atoms with Gasteiger partial charge in [0.2, 0.25) is 0 Å². The van der Waals surface area contributed by atoms with Crippen LogP contribution >= 0.6 is 0 Å². The van der Waals surface area contributed by atoms with Crippen LogP contribution in [-0.4, -0.2) is 44.3 Å². The molecule has 2 aliphatic heterocycles. The number of amides is 2. The molecule has 0 unspecified atom stereocenters. The molecule has 2 aliphatic rings. The number of rotatable bonds is 3. The molecule has 1 atom stereocenters. The summed E-state index contributed by atoms with van der Waals surface area (Å²) in [5.41, 5.74) is 0.548. The van der Waals surface area contributed by atoms with Gasteiger partial charge in [0.1, 0.15) is 17.2 Å². The monoisotopic (exact) mass is 429 g/mol. The maximum Gasteiger partial charge on any atom is 0.285 e. The second-order valence-electron chi connectivity index (χ2n) is 8.47. The maximum absolute atomic E-state index is 12.9. The van der Waals surface area contributed by atoms with Crippen LogP contribution in [0.5, 0.6) is 0 Å². The Hall–Kier alpha value is -3.81. The van der Waals surface area contributed by atoms with Gasteiger partial charge in [-0.25, -0.2) is 4.98 Å². The number of hydrogen-bond donors (Lipinski definition) is 1. The van der Waals surface area contributed by atoms with Crippen LogP contribution in [0.2, 0.25) is 0 Å². The minimum absolute atomic E-state index is 0.00827. The summed E-state index contributed by atoms with van der Waals surface area (Å²) in [5, 5.41) is 2.70. The number of anilines is 1. The average molecular weight is 429 g/mol. The molecule has 162 valence electrons. The summed E-state index contributed by atoms with van der Waals surface area (Å²) in [6, 6.07) is 12.8. The summed E-state index contributed by atoms with van der Waals surface area (Å²) in [5.74, 6) is 0.555. The van der Waals surface area contributed by atoms with Crippen molar-refractivity contribution in [3.8, 4) is 0 Å². The van der Waals surface area contributed by atoms with E-state index in [0.29, 0.717) is 36.8 Å². The molecule has 4 heterocycles. The minimum atomic E-state index is -0.559. The molecule has 0 saturated carbocycles. The Morgan fingerprint density at radius 3 is 2.62 bits per heavy atom. The number of fused-ring (bicyclic) bond motifs is 2. The zero-order valence-electron chi connectivity index (χ0n) is 17.7. The number of hydrogen-bond acceptors (Lipinski definition) is 5. The molecule has 1 N–H and O–H groups in total. The Bertz CT molecular complexity index is 1270. The van der Waals surface area contributed by atoms with Crippen LogP contribution in [0, 0.1) is 6.92 Å². The smallest absolute Gasteiger partial charge is 0.285 e. The van der Waals surface area contributed by atoms with Crippen molar-refractivity contribution in [2.75, 3.05) is 18.4 Å².